The third kappa shape index (κ3) is 6.18. The van der Waals surface area contributed by atoms with Crippen molar-refractivity contribution in [2.45, 2.75) is 62.4 Å². The molecule has 3 rings (SSSR count). The number of hydrogen-bond acceptors (Lipinski definition) is 11. The lowest BCUT2D eigenvalue weighted by atomic mass is 9.99. The highest BCUT2D eigenvalue weighted by atomic mass is 32.2. The zero-order valence-corrected chi connectivity index (χ0v) is 20.9. The van der Waals surface area contributed by atoms with E-state index < -0.39 is 70.2 Å². The fourth-order valence-corrected chi connectivity index (χ4v) is 5.59. The Balaban J connectivity index is 2.14. The Morgan fingerprint density at radius 1 is 0.750 bits per heavy atom. The second-order valence-electron chi connectivity index (χ2n) is 8.12. The zero-order chi connectivity index (χ0) is 26.6. The highest BCUT2D eigenvalue weighted by molar-refractivity contribution is 7.92. The average molecular weight is 523 g/mol. The van der Waals surface area contributed by atoms with Crippen LogP contribution in [0.2, 0.25) is 0 Å². The first-order chi connectivity index (χ1) is 16.9. The molecule has 0 spiro atoms. The normalized spacial score (nSPS) is 23.9. The highest BCUT2D eigenvalue weighted by Gasteiger charge is 2.56. The number of ether oxygens (including phenoxy) is 5. The minimum atomic E-state index is -4.41. The zero-order valence-electron chi connectivity index (χ0n) is 20.0. The van der Waals surface area contributed by atoms with Crippen molar-refractivity contribution in [2.24, 2.45) is 0 Å². The molecule has 1 aliphatic heterocycles. The number of sulfone groups is 1. The number of carbonyl (C=O) groups is 4. The van der Waals surface area contributed by atoms with Crippen molar-refractivity contribution in [1.82, 2.24) is 0 Å². The van der Waals surface area contributed by atoms with Gasteiger partial charge in [-0.05, 0) is 22.9 Å². The number of rotatable bonds is 7. The minimum Gasteiger partial charge on any atom is -0.463 e. The quantitative estimate of drug-likeness (QED) is 0.386. The third-order valence-electron chi connectivity index (χ3n) is 5.30. The molecule has 194 valence electrons. The molecule has 0 bridgehead atoms. The van der Waals surface area contributed by atoms with Crippen molar-refractivity contribution in [1.29, 1.82) is 0 Å². The predicted molar refractivity (Wildman–Crippen MR) is 123 cm³/mol. The van der Waals surface area contributed by atoms with Crippen LogP contribution in [0, 0.1) is 0 Å². The Kier molecular flexibility index (Phi) is 8.31. The predicted octanol–water partition coefficient (Wildman–Crippen LogP) is 1.70. The van der Waals surface area contributed by atoms with Crippen molar-refractivity contribution in [3.63, 3.8) is 0 Å². The molecule has 5 atom stereocenters. The summed E-state index contributed by atoms with van der Waals surface area (Å²) < 4.78 is 54.2. The van der Waals surface area contributed by atoms with Crippen molar-refractivity contribution in [3.05, 3.63) is 42.5 Å². The summed E-state index contributed by atoms with van der Waals surface area (Å²) in [6.07, 6.45) is -6.10. The lowest BCUT2D eigenvalue weighted by molar-refractivity contribution is -0.238. The molecule has 36 heavy (non-hydrogen) atoms. The van der Waals surface area contributed by atoms with Crippen LogP contribution in [0.4, 0.5) is 0 Å². The molecule has 0 radical (unpaired) electrons. The van der Waals surface area contributed by atoms with Gasteiger partial charge in [-0.1, -0.05) is 30.3 Å². The number of esters is 4. The van der Waals surface area contributed by atoms with E-state index in [1.807, 2.05) is 0 Å². The van der Waals surface area contributed by atoms with Crippen LogP contribution >= 0.6 is 0 Å². The molecule has 11 nitrogen and oxygen atoms in total. The van der Waals surface area contributed by atoms with Gasteiger partial charge in [-0.25, -0.2) is 8.42 Å². The van der Waals surface area contributed by atoms with Gasteiger partial charge in [0.15, 0.2) is 18.3 Å². The fraction of sp³-hybridized carbons (Fsp3) is 0.417. The Labute approximate surface area is 207 Å². The smallest absolute Gasteiger partial charge is 0.303 e. The molecule has 1 saturated heterocycles. The molecule has 0 aliphatic carbocycles. The van der Waals surface area contributed by atoms with Crippen molar-refractivity contribution in [3.8, 4) is 0 Å². The monoisotopic (exact) mass is 522 g/mol. The third-order valence-corrected chi connectivity index (χ3v) is 7.21. The summed E-state index contributed by atoms with van der Waals surface area (Å²) in [6, 6.07) is 11.5. The lowest BCUT2D eigenvalue weighted by Gasteiger charge is -2.43. The van der Waals surface area contributed by atoms with E-state index in [9.17, 15) is 27.6 Å². The van der Waals surface area contributed by atoms with Crippen LogP contribution in [-0.2, 0) is 52.7 Å². The molecule has 0 aromatic heterocycles. The first-order valence-corrected chi connectivity index (χ1v) is 12.5. The van der Waals surface area contributed by atoms with Crippen LogP contribution in [0.5, 0.6) is 0 Å². The van der Waals surface area contributed by atoms with Crippen LogP contribution in [0.15, 0.2) is 47.4 Å². The van der Waals surface area contributed by atoms with E-state index in [0.717, 1.165) is 33.1 Å². The molecule has 0 amide bonds. The Morgan fingerprint density at radius 2 is 1.31 bits per heavy atom. The van der Waals surface area contributed by atoms with Crippen molar-refractivity contribution in [2.75, 3.05) is 6.61 Å². The standard InChI is InChI=1S/C24H26O11S/c1-13(25)31-12-20-21(32-14(2)26)22(33-15(3)27)23(34-16(4)28)24(35-20)36(29,30)19-10-9-17-7-5-6-8-18(17)11-19/h5-11,20-24H,12H2,1-4H3/t20-,21+,22+,23-,24+/m1/s1. The molecule has 1 aliphatic rings. The van der Waals surface area contributed by atoms with Gasteiger partial charge < -0.3 is 23.7 Å². The molecular weight excluding hydrogens is 496 g/mol. The Hall–Kier alpha value is -3.51. The molecule has 1 heterocycles. The van der Waals surface area contributed by atoms with E-state index in [4.69, 9.17) is 23.7 Å². The maximum absolute atomic E-state index is 13.8. The van der Waals surface area contributed by atoms with Crippen LogP contribution in [0.1, 0.15) is 27.7 Å². The average Bonchev–Trinajstić information content (AvgIpc) is 2.79. The fourth-order valence-electron chi connectivity index (χ4n) is 3.92. The number of carbonyl (C=O) groups excluding carboxylic acids is 4. The summed E-state index contributed by atoms with van der Waals surface area (Å²) in [5, 5.41) is 1.42. The number of fused-ring (bicyclic) bond motifs is 1. The SMILES string of the molecule is CC(=O)OC[C@H]1O[C@@H](S(=O)(=O)c2ccc3ccccc3c2)[C@H](OC(C)=O)[C@@H](OC(C)=O)[C@H]1OC(C)=O. The van der Waals surface area contributed by atoms with Gasteiger partial charge in [0.1, 0.15) is 12.7 Å². The molecule has 0 saturated carbocycles. The minimum absolute atomic E-state index is 0.151. The summed E-state index contributed by atoms with van der Waals surface area (Å²) >= 11 is 0. The summed E-state index contributed by atoms with van der Waals surface area (Å²) in [4.78, 5) is 47.0. The molecule has 2 aromatic rings. The van der Waals surface area contributed by atoms with Gasteiger partial charge in [-0.2, -0.15) is 0 Å². The lowest BCUT2D eigenvalue weighted by Crippen LogP contribution is -2.64. The van der Waals surface area contributed by atoms with Crippen LogP contribution in [0.25, 0.3) is 10.8 Å². The second kappa shape index (κ2) is 11.0. The van der Waals surface area contributed by atoms with Crippen LogP contribution in [0.3, 0.4) is 0 Å². The van der Waals surface area contributed by atoms with E-state index in [-0.39, 0.29) is 4.90 Å². The summed E-state index contributed by atoms with van der Waals surface area (Å²) in [5.74, 6) is -3.27. The molecule has 1 fully saturated rings. The highest BCUT2D eigenvalue weighted by Crippen LogP contribution is 2.35. The van der Waals surface area contributed by atoms with Gasteiger partial charge in [0.2, 0.25) is 15.3 Å². The van der Waals surface area contributed by atoms with Gasteiger partial charge in [0.25, 0.3) is 0 Å². The van der Waals surface area contributed by atoms with E-state index in [1.54, 1.807) is 30.3 Å². The maximum atomic E-state index is 13.8. The van der Waals surface area contributed by atoms with E-state index in [2.05, 4.69) is 0 Å². The van der Waals surface area contributed by atoms with E-state index in [0.29, 0.717) is 5.39 Å². The van der Waals surface area contributed by atoms with Gasteiger partial charge in [0, 0.05) is 27.7 Å². The summed E-state index contributed by atoms with van der Waals surface area (Å²) in [6.45, 7) is 3.77. The number of benzene rings is 2. The molecule has 12 heteroatoms. The van der Waals surface area contributed by atoms with Crippen molar-refractivity contribution < 1.29 is 51.3 Å². The largest absolute Gasteiger partial charge is 0.463 e. The van der Waals surface area contributed by atoms with E-state index in [1.165, 1.54) is 12.1 Å². The van der Waals surface area contributed by atoms with Gasteiger partial charge in [-0.3, -0.25) is 19.2 Å². The first kappa shape index (κ1) is 27.1. The van der Waals surface area contributed by atoms with Crippen LogP contribution in [-0.4, -0.2) is 68.8 Å². The topological polar surface area (TPSA) is 149 Å². The second-order valence-corrected chi connectivity index (χ2v) is 10.1. The maximum Gasteiger partial charge on any atom is 0.303 e. The van der Waals surface area contributed by atoms with Crippen LogP contribution < -0.4 is 0 Å². The van der Waals surface area contributed by atoms with Crippen molar-refractivity contribution >= 4 is 44.5 Å². The van der Waals surface area contributed by atoms with Gasteiger partial charge in [-0.15, -0.1) is 0 Å². The molecular formula is C24H26O11S. The molecule has 0 unspecified atom stereocenters. The Bertz CT molecular complexity index is 1270. The molecule has 0 N–H and O–H groups in total. The number of hydrogen-bond donors (Lipinski definition) is 0. The summed E-state index contributed by atoms with van der Waals surface area (Å²) in [5.41, 5.74) is -1.89. The van der Waals surface area contributed by atoms with E-state index >= 15 is 0 Å². The first-order valence-electron chi connectivity index (χ1n) is 10.9. The van der Waals surface area contributed by atoms with Gasteiger partial charge in [0.05, 0.1) is 4.90 Å². The Morgan fingerprint density at radius 3 is 1.89 bits per heavy atom. The molecule has 2 aromatic carbocycles. The van der Waals surface area contributed by atoms with Gasteiger partial charge >= 0.3 is 23.9 Å². The summed E-state index contributed by atoms with van der Waals surface area (Å²) in [7, 11) is -4.41.